The van der Waals surface area contributed by atoms with E-state index in [9.17, 15) is 19.7 Å². The normalized spacial score (nSPS) is 13.8. The molecule has 2 rings (SSSR count). The van der Waals surface area contributed by atoms with Crippen LogP contribution in [0.5, 0.6) is 0 Å². The Morgan fingerprint density at radius 3 is 2.61 bits per heavy atom. The van der Waals surface area contributed by atoms with Crippen molar-refractivity contribution in [2.24, 2.45) is 0 Å². The van der Waals surface area contributed by atoms with E-state index in [2.05, 4.69) is 10.6 Å². The first kappa shape index (κ1) is 12.0. The van der Waals surface area contributed by atoms with Crippen molar-refractivity contribution in [3.8, 4) is 0 Å². The van der Waals surface area contributed by atoms with E-state index in [1.807, 2.05) is 0 Å². The van der Waals surface area contributed by atoms with E-state index in [4.69, 9.17) is 0 Å². The molecule has 94 valence electrons. The Kier molecular flexibility index (Phi) is 3.22. The Morgan fingerprint density at radius 1 is 1.28 bits per heavy atom. The third-order valence-corrected chi connectivity index (χ3v) is 2.43. The molecule has 1 aliphatic rings. The van der Waals surface area contributed by atoms with Crippen LogP contribution in [0.2, 0.25) is 0 Å². The highest BCUT2D eigenvalue weighted by Gasteiger charge is 2.26. The molecule has 18 heavy (non-hydrogen) atoms. The summed E-state index contributed by atoms with van der Waals surface area (Å²) in [5, 5.41) is 15.4. The molecule has 1 fully saturated rings. The van der Waals surface area contributed by atoms with Crippen molar-refractivity contribution < 1.29 is 14.5 Å². The zero-order valence-corrected chi connectivity index (χ0v) is 9.38. The molecule has 0 aliphatic heterocycles. The number of rotatable bonds is 3. The number of nitrogens with one attached hydrogen (secondary N) is 2. The van der Waals surface area contributed by atoms with Gasteiger partial charge in [0.05, 0.1) is 4.92 Å². The van der Waals surface area contributed by atoms with Crippen LogP contribution in [0.25, 0.3) is 0 Å². The number of anilines is 1. The van der Waals surface area contributed by atoms with Gasteiger partial charge in [-0.2, -0.15) is 0 Å². The molecule has 1 saturated carbocycles. The Labute approximate surface area is 102 Å². The fraction of sp³-hybridized carbons (Fsp3) is 0.273. The summed E-state index contributed by atoms with van der Waals surface area (Å²) in [5.74, 6) is -1.54. The minimum atomic E-state index is -0.817. The second kappa shape index (κ2) is 4.82. The zero-order valence-electron chi connectivity index (χ0n) is 9.38. The lowest BCUT2D eigenvalue weighted by Gasteiger charge is -2.05. The van der Waals surface area contributed by atoms with E-state index in [-0.39, 0.29) is 17.4 Å². The van der Waals surface area contributed by atoms with Crippen LogP contribution in [-0.4, -0.2) is 22.8 Å². The lowest BCUT2D eigenvalue weighted by atomic mass is 10.3. The van der Waals surface area contributed by atoms with Crippen molar-refractivity contribution >= 4 is 23.2 Å². The third kappa shape index (κ3) is 3.03. The van der Waals surface area contributed by atoms with Crippen LogP contribution < -0.4 is 10.6 Å². The van der Waals surface area contributed by atoms with Crippen molar-refractivity contribution in [2.75, 3.05) is 5.32 Å². The van der Waals surface area contributed by atoms with Crippen LogP contribution in [0.15, 0.2) is 24.3 Å². The Hall–Kier alpha value is -2.44. The highest BCUT2D eigenvalue weighted by atomic mass is 16.6. The van der Waals surface area contributed by atoms with Crippen LogP contribution >= 0.6 is 0 Å². The number of nitrogens with zero attached hydrogens (tertiary/aromatic N) is 1. The monoisotopic (exact) mass is 249 g/mol. The molecule has 0 unspecified atom stereocenters. The number of nitro benzene ring substituents is 1. The second-order valence-electron chi connectivity index (χ2n) is 4.01. The first-order valence-electron chi connectivity index (χ1n) is 5.42. The quantitative estimate of drug-likeness (QED) is 0.470. The summed E-state index contributed by atoms with van der Waals surface area (Å²) < 4.78 is 0. The molecule has 0 bridgehead atoms. The van der Waals surface area contributed by atoms with Gasteiger partial charge in [0.15, 0.2) is 0 Å². The maximum atomic E-state index is 11.5. The van der Waals surface area contributed by atoms with Crippen LogP contribution in [-0.2, 0) is 9.59 Å². The van der Waals surface area contributed by atoms with Crippen LogP contribution in [0, 0.1) is 10.1 Å². The largest absolute Gasteiger partial charge is 0.345 e. The molecule has 2 amide bonds. The van der Waals surface area contributed by atoms with Gasteiger partial charge in [-0.1, -0.05) is 6.07 Å². The van der Waals surface area contributed by atoms with Crippen molar-refractivity contribution in [1.29, 1.82) is 0 Å². The van der Waals surface area contributed by atoms with Gasteiger partial charge in [-0.15, -0.1) is 0 Å². The molecule has 1 aromatic rings. The van der Waals surface area contributed by atoms with Crippen molar-refractivity contribution in [2.45, 2.75) is 18.9 Å². The Morgan fingerprint density at radius 2 is 2.00 bits per heavy atom. The van der Waals surface area contributed by atoms with Crippen LogP contribution in [0.4, 0.5) is 11.4 Å². The minimum Gasteiger partial charge on any atom is -0.345 e. The van der Waals surface area contributed by atoms with Gasteiger partial charge in [0.1, 0.15) is 0 Å². The van der Waals surface area contributed by atoms with Gasteiger partial charge in [0, 0.05) is 23.9 Å². The summed E-state index contributed by atoms with van der Waals surface area (Å²) in [7, 11) is 0. The standard InChI is InChI=1S/C11H11N3O4/c15-10(12-7-4-5-7)11(16)13-8-2-1-3-9(6-8)14(17)18/h1-3,6-7H,4-5H2,(H,12,15)(H,13,16). The van der Waals surface area contributed by atoms with E-state index in [1.165, 1.54) is 24.3 Å². The molecule has 0 spiro atoms. The van der Waals surface area contributed by atoms with E-state index >= 15 is 0 Å². The smallest absolute Gasteiger partial charge is 0.313 e. The molecular weight excluding hydrogens is 238 g/mol. The molecule has 7 heteroatoms. The lowest BCUT2D eigenvalue weighted by Crippen LogP contribution is -2.36. The number of hydrogen-bond acceptors (Lipinski definition) is 4. The fourth-order valence-corrected chi connectivity index (χ4v) is 1.36. The number of benzene rings is 1. The first-order valence-corrected chi connectivity index (χ1v) is 5.42. The van der Waals surface area contributed by atoms with Gasteiger partial charge >= 0.3 is 11.8 Å². The Balaban J connectivity index is 1.99. The van der Waals surface area contributed by atoms with Crippen LogP contribution in [0.3, 0.4) is 0 Å². The van der Waals surface area contributed by atoms with E-state index in [1.54, 1.807) is 0 Å². The van der Waals surface area contributed by atoms with Gasteiger partial charge in [-0.05, 0) is 18.9 Å². The molecule has 0 heterocycles. The summed E-state index contributed by atoms with van der Waals surface area (Å²) in [6, 6.07) is 5.51. The lowest BCUT2D eigenvalue weighted by molar-refractivity contribution is -0.384. The van der Waals surface area contributed by atoms with Crippen LogP contribution in [0.1, 0.15) is 12.8 Å². The van der Waals surface area contributed by atoms with E-state index in [0.717, 1.165) is 12.8 Å². The second-order valence-corrected chi connectivity index (χ2v) is 4.01. The predicted molar refractivity (Wildman–Crippen MR) is 62.9 cm³/mol. The maximum Gasteiger partial charge on any atom is 0.313 e. The van der Waals surface area contributed by atoms with Crippen molar-refractivity contribution in [1.82, 2.24) is 5.32 Å². The summed E-state index contributed by atoms with van der Waals surface area (Å²) in [5.41, 5.74) is 0.0792. The molecule has 7 nitrogen and oxygen atoms in total. The van der Waals surface area contributed by atoms with E-state index < -0.39 is 16.7 Å². The van der Waals surface area contributed by atoms with Gasteiger partial charge in [-0.25, -0.2) is 0 Å². The molecule has 1 aromatic carbocycles. The molecule has 2 N–H and O–H groups in total. The molecule has 0 radical (unpaired) electrons. The average molecular weight is 249 g/mol. The van der Waals surface area contributed by atoms with E-state index in [0.29, 0.717) is 0 Å². The molecule has 1 aliphatic carbocycles. The molecule has 0 atom stereocenters. The third-order valence-electron chi connectivity index (χ3n) is 2.43. The fourth-order valence-electron chi connectivity index (χ4n) is 1.36. The van der Waals surface area contributed by atoms with Crippen molar-refractivity contribution in [3.63, 3.8) is 0 Å². The van der Waals surface area contributed by atoms with Gasteiger partial charge in [0.2, 0.25) is 0 Å². The van der Waals surface area contributed by atoms with Gasteiger partial charge < -0.3 is 10.6 Å². The first-order chi connectivity index (χ1) is 8.56. The number of non-ortho nitro benzene ring substituents is 1. The Bertz CT molecular complexity index is 511. The summed E-state index contributed by atoms with van der Waals surface area (Å²) >= 11 is 0. The predicted octanol–water partition coefficient (Wildman–Crippen LogP) is 0.812. The molecule has 0 saturated heterocycles. The molecular formula is C11H11N3O4. The maximum absolute atomic E-state index is 11.5. The summed E-state index contributed by atoms with van der Waals surface area (Å²) in [6.07, 6.45) is 1.77. The minimum absolute atomic E-state index is 0.0911. The number of carbonyl (C=O) groups is 2. The number of amides is 2. The highest BCUT2D eigenvalue weighted by molar-refractivity contribution is 6.39. The number of carbonyl (C=O) groups excluding carboxylic acids is 2. The number of nitro groups is 1. The molecule has 0 aromatic heterocycles. The summed E-state index contributed by atoms with van der Waals surface area (Å²) in [6.45, 7) is 0. The number of hydrogen-bond donors (Lipinski definition) is 2. The SMILES string of the molecule is O=C(Nc1cccc([N+](=O)[O-])c1)C(=O)NC1CC1. The average Bonchev–Trinajstić information content (AvgIpc) is 3.13. The van der Waals surface area contributed by atoms with Crippen molar-refractivity contribution in [3.05, 3.63) is 34.4 Å². The van der Waals surface area contributed by atoms with Gasteiger partial charge in [0.25, 0.3) is 5.69 Å². The zero-order chi connectivity index (χ0) is 13.1. The topological polar surface area (TPSA) is 101 Å². The van der Waals surface area contributed by atoms with Gasteiger partial charge in [-0.3, -0.25) is 19.7 Å². The highest BCUT2D eigenvalue weighted by Crippen LogP contribution is 2.19. The summed E-state index contributed by atoms with van der Waals surface area (Å²) in [4.78, 5) is 32.8.